The van der Waals surface area contributed by atoms with Crippen LogP contribution in [0, 0.1) is 0 Å². The summed E-state index contributed by atoms with van der Waals surface area (Å²) >= 11 is 0. The normalized spacial score (nSPS) is 23.6. The molecule has 3 nitrogen and oxygen atoms in total. The van der Waals surface area contributed by atoms with E-state index in [1.807, 2.05) is 6.07 Å². The Hall–Kier alpha value is -1.22. The molecular formula is C8H8O3. The third-order valence-electron chi connectivity index (χ3n) is 1.44. The molecule has 0 saturated carbocycles. The summed E-state index contributed by atoms with van der Waals surface area (Å²) in [6.07, 6.45) is 1.20. The van der Waals surface area contributed by atoms with Gasteiger partial charge in [0.05, 0.1) is 6.26 Å². The zero-order chi connectivity index (χ0) is 7.68. The van der Waals surface area contributed by atoms with Crippen molar-refractivity contribution in [3.8, 4) is 0 Å². The third-order valence-corrected chi connectivity index (χ3v) is 1.44. The fraction of sp³-hybridized carbons (Fsp3) is 0.250. The first-order valence-corrected chi connectivity index (χ1v) is 3.36. The van der Waals surface area contributed by atoms with Gasteiger partial charge in [-0.05, 0) is 12.1 Å². The highest BCUT2D eigenvalue weighted by molar-refractivity contribution is 5.03. The Morgan fingerprint density at radius 1 is 1.55 bits per heavy atom. The molecular weight excluding hydrogens is 144 g/mol. The molecule has 0 spiro atoms. The molecule has 2 rings (SSSR count). The lowest BCUT2D eigenvalue weighted by Gasteiger charge is -2.04. The number of rotatable bonds is 1. The zero-order valence-electron chi connectivity index (χ0n) is 5.95. The van der Waals surface area contributed by atoms with Gasteiger partial charge < -0.3 is 13.9 Å². The third kappa shape index (κ3) is 1.14. The summed E-state index contributed by atoms with van der Waals surface area (Å²) in [7, 11) is 0. The Morgan fingerprint density at radius 3 is 3.00 bits per heavy atom. The molecule has 1 aliphatic heterocycles. The molecule has 2 heterocycles. The second kappa shape index (κ2) is 2.43. The Labute approximate surface area is 64.2 Å². The van der Waals surface area contributed by atoms with E-state index >= 15 is 0 Å². The summed E-state index contributed by atoms with van der Waals surface area (Å²) < 4.78 is 15.5. The van der Waals surface area contributed by atoms with Crippen LogP contribution in [-0.4, -0.2) is 6.61 Å². The predicted molar refractivity (Wildman–Crippen MR) is 37.6 cm³/mol. The fourth-order valence-electron chi connectivity index (χ4n) is 0.954. The van der Waals surface area contributed by atoms with Crippen molar-refractivity contribution < 1.29 is 13.9 Å². The molecule has 1 unspecified atom stereocenters. The summed E-state index contributed by atoms with van der Waals surface area (Å²) in [6, 6.07) is 3.60. The van der Waals surface area contributed by atoms with Gasteiger partial charge in [0.1, 0.15) is 12.4 Å². The summed E-state index contributed by atoms with van der Waals surface area (Å²) in [5, 5.41) is 0. The van der Waals surface area contributed by atoms with Crippen molar-refractivity contribution in [2.24, 2.45) is 0 Å². The Bertz CT molecular complexity index is 250. The number of hydrogen-bond acceptors (Lipinski definition) is 3. The van der Waals surface area contributed by atoms with Gasteiger partial charge in [0.25, 0.3) is 6.29 Å². The van der Waals surface area contributed by atoms with E-state index in [1.165, 1.54) is 0 Å². The van der Waals surface area contributed by atoms with Crippen molar-refractivity contribution in [1.82, 2.24) is 0 Å². The molecule has 11 heavy (non-hydrogen) atoms. The SMILES string of the molecule is C=C1COC(c2ccco2)O1. The Morgan fingerprint density at radius 2 is 2.45 bits per heavy atom. The minimum atomic E-state index is -0.391. The van der Waals surface area contributed by atoms with E-state index in [4.69, 9.17) is 13.9 Å². The quantitative estimate of drug-likeness (QED) is 0.615. The topological polar surface area (TPSA) is 31.6 Å². The van der Waals surface area contributed by atoms with Gasteiger partial charge >= 0.3 is 0 Å². The first kappa shape index (κ1) is 6.49. The first-order chi connectivity index (χ1) is 5.36. The molecule has 0 bridgehead atoms. The summed E-state index contributed by atoms with van der Waals surface area (Å²) in [5.74, 6) is 1.33. The highest BCUT2D eigenvalue weighted by atomic mass is 16.7. The highest BCUT2D eigenvalue weighted by Gasteiger charge is 2.23. The number of ether oxygens (including phenoxy) is 2. The minimum Gasteiger partial charge on any atom is -0.463 e. The van der Waals surface area contributed by atoms with Gasteiger partial charge in [-0.25, -0.2) is 0 Å². The van der Waals surface area contributed by atoms with Gasteiger partial charge in [0.2, 0.25) is 0 Å². The summed E-state index contributed by atoms with van der Waals surface area (Å²) in [5.41, 5.74) is 0. The van der Waals surface area contributed by atoms with Crippen LogP contribution < -0.4 is 0 Å². The molecule has 1 aromatic heterocycles. The summed E-state index contributed by atoms with van der Waals surface area (Å²) in [6.45, 7) is 4.08. The van der Waals surface area contributed by atoms with Crippen LogP contribution in [0.4, 0.5) is 0 Å². The van der Waals surface area contributed by atoms with Crippen LogP contribution in [0.1, 0.15) is 12.1 Å². The second-order valence-electron chi connectivity index (χ2n) is 2.31. The van der Waals surface area contributed by atoms with Gasteiger partial charge in [0, 0.05) is 0 Å². The summed E-state index contributed by atoms with van der Waals surface area (Å²) in [4.78, 5) is 0. The van der Waals surface area contributed by atoms with Crippen molar-refractivity contribution in [3.63, 3.8) is 0 Å². The standard InChI is InChI=1S/C8H8O3/c1-6-5-10-8(11-6)7-3-2-4-9-7/h2-4,8H,1,5H2. The van der Waals surface area contributed by atoms with Gasteiger partial charge in [-0.1, -0.05) is 6.58 Å². The second-order valence-corrected chi connectivity index (χ2v) is 2.31. The number of hydrogen-bond donors (Lipinski definition) is 0. The van der Waals surface area contributed by atoms with Crippen molar-refractivity contribution in [3.05, 3.63) is 36.5 Å². The van der Waals surface area contributed by atoms with E-state index in [0.29, 0.717) is 18.1 Å². The molecule has 0 aromatic carbocycles. The molecule has 1 saturated heterocycles. The van der Waals surface area contributed by atoms with Gasteiger partial charge in [-0.15, -0.1) is 0 Å². The molecule has 1 aromatic rings. The molecule has 58 valence electrons. The molecule has 1 aliphatic rings. The smallest absolute Gasteiger partial charge is 0.259 e. The maximum Gasteiger partial charge on any atom is 0.259 e. The van der Waals surface area contributed by atoms with E-state index in [2.05, 4.69) is 6.58 Å². The Kier molecular flexibility index (Phi) is 1.43. The van der Waals surface area contributed by atoms with E-state index in [0.717, 1.165) is 0 Å². The Balaban J connectivity index is 2.13. The maximum absolute atomic E-state index is 5.20. The van der Waals surface area contributed by atoms with Gasteiger partial charge in [-0.3, -0.25) is 0 Å². The van der Waals surface area contributed by atoms with Gasteiger partial charge in [0.15, 0.2) is 5.76 Å². The average molecular weight is 152 g/mol. The largest absolute Gasteiger partial charge is 0.463 e. The van der Waals surface area contributed by atoms with Crippen molar-refractivity contribution in [2.45, 2.75) is 6.29 Å². The average Bonchev–Trinajstić information content (AvgIpc) is 2.55. The van der Waals surface area contributed by atoms with E-state index in [-0.39, 0.29) is 0 Å². The fourth-order valence-corrected chi connectivity index (χ4v) is 0.954. The molecule has 3 heteroatoms. The molecule has 1 fully saturated rings. The van der Waals surface area contributed by atoms with Crippen molar-refractivity contribution >= 4 is 0 Å². The molecule has 1 atom stereocenters. The van der Waals surface area contributed by atoms with Crippen LogP contribution in [-0.2, 0) is 9.47 Å². The van der Waals surface area contributed by atoms with Crippen LogP contribution in [0.25, 0.3) is 0 Å². The number of furan rings is 1. The van der Waals surface area contributed by atoms with Crippen LogP contribution in [0.15, 0.2) is 35.2 Å². The zero-order valence-corrected chi connectivity index (χ0v) is 5.95. The monoisotopic (exact) mass is 152 g/mol. The molecule has 0 aliphatic carbocycles. The predicted octanol–water partition coefficient (Wildman–Crippen LogP) is 1.84. The lowest BCUT2D eigenvalue weighted by Crippen LogP contribution is -1.94. The van der Waals surface area contributed by atoms with Crippen LogP contribution in [0.3, 0.4) is 0 Å². The molecule has 0 amide bonds. The minimum absolute atomic E-state index is 0.391. The lowest BCUT2D eigenvalue weighted by atomic mass is 10.4. The highest BCUT2D eigenvalue weighted by Crippen LogP contribution is 2.27. The van der Waals surface area contributed by atoms with E-state index in [1.54, 1.807) is 12.3 Å². The van der Waals surface area contributed by atoms with E-state index in [9.17, 15) is 0 Å². The lowest BCUT2D eigenvalue weighted by molar-refractivity contribution is -0.0491. The first-order valence-electron chi connectivity index (χ1n) is 3.36. The van der Waals surface area contributed by atoms with E-state index < -0.39 is 6.29 Å². The van der Waals surface area contributed by atoms with Crippen molar-refractivity contribution in [1.29, 1.82) is 0 Å². The maximum atomic E-state index is 5.20. The van der Waals surface area contributed by atoms with Crippen LogP contribution in [0.2, 0.25) is 0 Å². The van der Waals surface area contributed by atoms with Crippen LogP contribution in [0.5, 0.6) is 0 Å². The molecule has 0 radical (unpaired) electrons. The van der Waals surface area contributed by atoms with Crippen LogP contribution >= 0.6 is 0 Å². The van der Waals surface area contributed by atoms with Crippen molar-refractivity contribution in [2.75, 3.05) is 6.61 Å². The van der Waals surface area contributed by atoms with Gasteiger partial charge in [-0.2, -0.15) is 0 Å². The molecule has 0 N–H and O–H groups in total.